The first-order chi connectivity index (χ1) is 5.79. The third kappa shape index (κ3) is 1.07. The molecule has 0 bridgehead atoms. The number of aromatic nitrogens is 1. The number of rotatable bonds is 1. The zero-order chi connectivity index (χ0) is 8.55. The van der Waals surface area contributed by atoms with Crippen molar-refractivity contribution in [1.29, 1.82) is 0 Å². The number of fused-ring (bicyclic) bond motifs is 1. The first-order valence-corrected chi connectivity index (χ1v) is 3.71. The molecule has 0 aliphatic rings. The summed E-state index contributed by atoms with van der Waals surface area (Å²) in [6, 6.07) is 5.15. The average molecular weight is 165 g/mol. The van der Waals surface area contributed by atoms with Crippen LogP contribution in [0.3, 0.4) is 0 Å². The summed E-state index contributed by atoms with van der Waals surface area (Å²) in [6.45, 7) is 1.31. The Labute approximate surface area is 69.0 Å². The van der Waals surface area contributed by atoms with Gasteiger partial charge in [-0.3, -0.25) is 0 Å². The van der Waals surface area contributed by atoms with Gasteiger partial charge in [-0.15, -0.1) is 0 Å². The van der Waals surface area contributed by atoms with E-state index in [9.17, 15) is 4.39 Å². The highest BCUT2D eigenvalue weighted by Gasteiger charge is 2.01. The lowest BCUT2D eigenvalue weighted by atomic mass is 10.2. The molecule has 2 rings (SSSR count). The van der Waals surface area contributed by atoms with Crippen molar-refractivity contribution in [2.75, 3.05) is 0 Å². The second-order valence-corrected chi connectivity index (χ2v) is 2.67. The van der Waals surface area contributed by atoms with E-state index in [-0.39, 0.29) is 0 Å². The summed E-state index contributed by atoms with van der Waals surface area (Å²) < 4.78 is 17.4. The molecule has 2 aromatic rings. The molecule has 1 aromatic carbocycles. The number of oxazole rings is 1. The van der Waals surface area contributed by atoms with Crippen molar-refractivity contribution in [2.45, 2.75) is 13.6 Å². The molecule has 3 heteroatoms. The highest BCUT2D eigenvalue weighted by molar-refractivity contribution is 5.73. The maximum Gasteiger partial charge on any atom is 0.192 e. The Bertz CT molecular complexity index is 408. The van der Waals surface area contributed by atoms with Crippen LogP contribution < -0.4 is 0 Å². The number of aryl methyl sites for hydroxylation is 1. The van der Waals surface area contributed by atoms with Crippen molar-refractivity contribution >= 4 is 11.1 Å². The first-order valence-electron chi connectivity index (χ1n) is 3.71. The molecule has 0 saturated heterocycles. The minimum Gasteiger partial charge on any atom is -0.441 e. The maximum atomic E-state index is 12.2. The molecule has 0 fully saturated rings. The quantitative estimate of drug-likeness (QED) is 0.649. The summed E-state index contributed by atoms with van der Waals surface area (Å²) in [5.74, 6) is 0.612. The summed E-state index contributed by atoms with van der Waals surface area (Å²) in [5.41, 5.74) is 2.06. The zero-order valence-electron chi connectivity index (χ0n) is 6.67. The molecule has 2 nitrogen and oxygen atoms in total. The van der Waals surface area contributed by atoms with E-state index in [0.717, 1.165) is 5.52 Å². The van der Waals surface area contributed by atoms with Gasteiger partial charge in [0.2, 0.25) is 0 Å². The lowest BCUT2D eigenvalue weighted by Crippen LogP contribution is -1.76. The molecule has 0 unspecified atom stereocenters. The molecule has 1 aromatic heterocycles. The Morgan fingerprint density at radius 3 is 3.08 bits per heavy atom. The van der Waals surface area contributed by atoms with Crippen LogP contribution in [0.25, 0.3) is 11.1 Å². The van der Waals surface area contributed by atoms with E-state index >= 15 is 0 Å². The number of nitrogens with zero attached hydrogens (tertiary/aromatic N) is 1. The fourth-order valence-electron chi connectivity index (χ4n) is 1.17. The van der Waals surface area contributed by atoms with E-state index < -0.39 is 6.67 Å². The third-order valence-electron chi connectivity index (χ3n) is 1.71. The summed E-state index contributed by atoms with van der Waals surface area (Å²) in [6.07, 6.45) is 0. The molecule has 0 amide bonds. The monoisotopic (exact) mass is 165 g/mol. The first kappa shape index (κ1) is 7.28. The van der Waals surface area contributed by atoms with Crippen molar-refractivity contribution in [3.05, 3.63) is 29.7 Å². The van der Waals surface area contributed by atoms with Crippen LogP contribution in [0.15, 0.2) is 22.6 Å². The molecule has 62 valence electrons. The van der Waals surface area contributed by atoms with Crippen LogP contribution in [0.1, 0.15) is 11.5 Å². The molecule has 0 aliphatic heterocycles. The molecule has 0 atom stereocenters. The van der Waals surface area contributed by atoms with Crippen LogP contribution in [-0.4, -0.2) is 4.98 Å². The minimum atomic E-state index is -0.463. The second-order valence-electron chi connectivity index (χ2n) is 2.67. The van der Waals surface area contributed by atoms with Gasteiger partial charge in [-0.1, -0.05) is 6.07 Å². The standard InChI is InChI=1S/C9H8FNO/c1-6-11-8-3-2-7(5-10)4-9(8)12-6/h2-4H,5H2,1H3. The van der Waals surface area contributed by atoms with Gasteiger partial charge in [0, 0.05) is 6.92 Å². The Morgan fingerprint density at radius 2 is 2.33 bits per heavy atom. The average Bonchev–Trinajstić information content (AvgIpc) is 2.43. The fraction of sp³-hybridized carbons (Fsp3) is 0.222. The smallest absolute Gasteiger partial charge is 0.192 e. The van der Waals surface area contributed by atoms with E-state index in [0.29, 0.717) is 17.0 Å². The van der Waals surface area contributed by atoms with Crippen LogP contribution in [0.2, 0.25) is 0 Å². The van der Waals surface area contributed by atoms with Gasteiger partial charge in [0.1, 0.15) is 12.2 Å². The Kier molecular flexibility index (Phi) is 1.57. The topological polar surface area (TPSA) is 26.0 Å². The highest BCUT2D eigenvalue weighted by atomic mass is 19.1. The molecule has 0 N–H and O–H groups in total. The summed E-state index contributed by atoms with van der Waals surface area (Å²) in [4.78, 5) is 4.10. The van der Waals surface area contributed by atoms with Gasteiger partial charge in [-0.2, -0.15) is 0 Å². The van der Waals surface area contributed by atoms with Crippen molar-refractivity contribution in [3.63, 3.8) is 0 Å². The Morgan fingerprint density at radius 1 is 1.50 bits per heavy atom. The van der Waals surface area contributed by atoms with Crippen LogP contribution in [-0.2, 0) is 6.67 Å². The Hall–Kier alpha value is -1.38. The molecular weight excluding hydrogens is 157 g/mol. The number of benzene rings is 1. The van der Waals surface area contributed by atoms with Crippen LogP contribution >= 0.6 is 0 Å². The van der Waals surface area contributed by atoms with E-state index in [2.05, 4.69) is 4.98 Å². The van der Waals surface area contributed by atoms with Crippen molar-refractivity contribution < 1.29 is 8.81 Å². The predicted octanol–water partition coefficient (Wildman–Crippen LogP) is 2.61. The largest absolute Gasteiger partial charge is 0.441 e. The summed E-state index contributed by atoms with van der Waals surface area (Å²) in [7, 11) is 0. The molecule has 12 heavy (non-hydrogen) atoms. The lowest BCUT2D eigenvalue weighted by Gasteiger charge is -1.90. The van der Waals surface area contributed by atoms with Crippen molar-refractivity contribution in [3.8, 4) is 0 Å². The number of hydrogen-bond donors (Lipinski definition) is 0. The van der Waals surface area contributed by atoms with Gasteiger partial charge in [0.15, 0.2) is 11.5 Å². The molecule has 1 heterocycles. The normalized spacial score (nSPS) is 10.8. The SMILES string of the molecule is Cc1nc2ccc(CF)cc2o1. The summed E-state index contributed by atoms with van der Waals surface area (Å²) in [5, 5.41) is 0. The van der Waals surface area contributed by atoms with E-state index in [4.69, 9.17) is 4.42 Å². The zero-order valence-corrected chi connectivity index (χ0v) is 6.67. The van der Waals surface area contributed by atoms with Crippen molar-refractivity contribution in [2.24, 2.45) is 0 Å². The molecule has 0 radical (unpaired) electrons. The predicted molar refractivity (Wildman–Crippen MR) is 43.6 cm³/mol. The van der Waals surface area contributed by atoms with Gasteiger partial charge < -0.3 is 4.42 Å². The third-order valence-corrected chi connectivity index (χ3v) is 1.71. The van der Waals surface area contributed by atoms with E-state index in [1.54, 1.807) is 25.1 Å². The van der Waals surface area contributed by atoms with Crippen LogP contribution in [0, 0.1) is 6.92 Å². The van der Waals surface area contributed by atoms with Gasteiger partial charge >= 0.3 is 0 Å². The van der Waals surface area contributed by atoms with Gasteiger partial charge in [-0.05, 0) is 17.7 Å². The van der Waals surface area contributed by atoms with Gasteiger partial charge in [0.05, 0.1) is 0 Å². The van der Waals surface area contributed by atoms with Crippen LogP contribution in [0.5, 0.6) is 0 Å². The fourth-order valence-corrected chi connectivity index (χ4v) is 1.17. The van der Waals surface area contributed by atoms with E-state index in [1.165, 1.54) is 0 Å². The lowest BCUT2D eigenvalue weighted by molar-refractivity contribution is 0.484. The van der Waals surface area contributed by atoms with Gasteiger partial charge in [0.25, 0.3) is 0 Å². The van der Waals surface area contributed by atoms with Gasteiger partial charge in [-0.25, -0.2) is 9.37 Å². The van der Waals surface area contributed by atoms with Crippen molar-refractivity contribution in [1.82, 2.24) is 4.98 Å². The number of halogens is 1. The second kappa shape index (κ2) is 2.59. The number of hydrogen-bond acceptors (Lipinski definition) is 2. The molecular formula is C9H8FNO. The summed E-state index contributed by atoms with van der Waals surface area (Å²) >= 11 is 0. The maximum absolute atomic E-state index is 12.2. The van der Waals surface area contributed by atoms with Crippen LogP contribution in [0.4, 0.5) is 4.39 Å². The molecule has 0 spiro atoms. The van der Waals surface area contributed by atoms with E-state index in [1.807, 2.05) is 0 Å². The molecule has 0 aliphatic carbocycles. The highest BCUT2D eigenvalue weighted by Crippen LogP contribution is 2.17. The number of alkyl halides is 1. The molecule has 0 saturated carbocycles. The Balaban J connectivity index is 2.66. The minimum absolute atomic E-state index is 0.463.